The van der Waals surface area contributed by atoms with E-state index in [-0.39, 0.29) is 29.8 Å². The highest BCUT2D eigenvalue weighted by Gasteiger charge is 2.32. The Bertz CT molecular complexity index is 1310. The molecule has 2 atom stereocenters. The van der Waals surface area contributed by atoms with E-state index in [1.807, 2.05) is 47.1 Å². The smallest absolute Gasteiger partial charge is 0.322 e. The number of nitrogens with one attached hydrogen (secondary N) is 1. The maximum Gasteiger partial charge on any atom is 0.322 e. The maximum absolute atomic E-state index is 14.1. The van der Waals surface area contributed by atoms with Gasteiger partial charge in [-0.1, -0.05) is 38.1 Å². The number of thiophene rings is 1. The average Bonchev–Trinajstić information content (AvgIpc) is 3.40. The van der Waals surface area contributed by atoms with E-state index in [4.69, 9.17) is 0 Å². The number of carbonyl (C=O) groups excluding carboxylic acids is 2. The summed E-state index contributed by atoms with van der Waals surface area (Å²) in [5.41, 5.74) is 4.15. The summed E-state index contributed by atoms with van der Waals surface area (Å²) in [6.07, 6.45) is 1.34. The van der Waals surface area contributed by atoms with Crippen LogP contribution in [0.1, 0.15) is 60.7 Å². The van der Waals surface area contributed by atoms with Crippen molar-refractivity contribution in [2.75, 3.05) is 38.0 Å². The Labute approximate surface area is 234 Å². The van der Waals surface area contributed by atoms with Gasteiger partial charge >= 0.3 is 6.03 Å². The lowest BCUT2D eigenvalue weighted by atomic mass is 9.93. The molecule has 0 bridgehead atoms. The van der Waals surface area contributed by atoms with Crippen molar-refractivity contribution in [3.8, 4) is 0 Å². The summed E-state index contributed by atoms with van der Waals surface area (Å²) in [4.78, 5) is 33.5. The molecule has 5 rings (SSSR count). The highest BCUT2D eigenvalue weighted by molar-refractivity contribution is 7.10. The van der Waals surface area contributed by atoms with Crippen LogP contribution in [0.25, 0.3) is 0 Å². The Hall–Kier alpha value is -3.23. The summed E-state index contributed by atoms with van der Waals surface area (Å²) in [5, 5.41) is 5.10. The number of piperazine rings is 1. The van der Waals surface area contributed by atoms with Gasteiger partial charge in [-0.15, -0.1) is 11.3 Å². The Kier molecular flexibility index (Phi) is 8.33. The third kappa shape index (κ3) is 6.17. The first-order valence-electron chi connectivity index (χ1n) is 13.8. The molecular weight excluding hydrogens is 511 g/mol. The summed E-state index contributed by atoms with van der Waals surface area (Å²) >= 11 is 1.75. The number of anilines is 1. The maximum atomic E-state index is 14.1. The van der Waals surface area contributed by atoms with Gasteiger partial charge in [0.15, 0.2) is 0 Å². The fourth-order valence-electron chi connectivity index (χ4n) is 5.71. The molecule has 3 amide bonds. The Morgan fingerprint density at radius 2 is 1.87 bits per heavy atom. The second-order valence-corrected chi connectivity index (χ2v) is 11.9. The zero-order chi connectivity index (χ0) is 27.5. The van der Waals surface area contributed by atoms with Crippen LogP contribution in [0.5, 0.6) is 0 Å². The van der Waals surface area contributed by atoms with Crippen LogP contribution in [0.2, 0.25) is 0 Å². The van der Waals surface area contributed by atoms with Crippen LogP contribution in [-0.2, 0) is 11.2 Å². The van der Waals surface area contributed by atoms with E-state index in [0.717, 1.165) is 24.2 Å². The normalized spacial score (nSPS) is 19.7. The van der Waals surface area contributed by atoms with Crippen molar-refractivity contribution in [1.82, 2.24) is 14.7 Å². The van der Waals surface area contributed by atoms with E-state index >= 15 is 0 Å². The number of halogens is 1. The van der Waals surface area contributed by atoms with Crippen molar-refractivity contribution in [2.45, 2.75) is 51.6 Å². The topological polar surface area (TPSA) is 55.9 Å². The third-order valence-electron chi connectivity index (χ3n) is 7.91. The molecule has 206 valence electrons. The molecule has 0 aliphatic carbocycles. The van der Waals surface area contributed by atoms with Gasteiger partial charge in [0.2, 0.25) is 5.91 Å². The number of nitrogens with zero attached hydrogens (tertiary/aromatic N) is 3. The second kappa shape index (κ2) is 11.9. The van der Waals surface area contributed by atoms with Gasteiger partial charge in [-0.25, -0.2) is 9.18 Å². The molecule has 1 N–H and O–H groups in total. The molecule has 0 unspecified atom stereocenters. The monoisotopic (exact) mass is 548 g/mol. The Morgan fingerprint density at radius 1 is 1.08 bits per heavy atom. The number of urea groups is 1. The number of carbonyl (C=O) groups is 2. The molecular formula is C31H37FN4O2S. The van der Waals surface area contributed by atoms with Crippen LogP contribution in [0, 0.1) is 5.82 Å². The van der Waals surface area contributed by atoms with E-state index in [1.54, 1.807) is 23.5 Å². The largest absolute Gasteiger partial charge is 0.339 e. The summed E-state index contributed by atoms with van der Waals surface area (Å²) in [7, 11) is 0. The number of hydrogen-bond donors (Lipinski definition) is 1. The molecule has 1 fully saturated rings. The van der Waals surface area contributed by atoms with Gasteiger partial charge in [-0.2, -0.15) is 0 Å². The van der Waals surface area contributed by atoms with E-state index < -0.39 is 0 Å². The summed E-state index contributed by atoms with van der Waals surface area (Å²) in [6.45, 7) is 9.25. The first-order chi connectivity index (χ1) is 18.8. The van der Waals surface area contributed by atoms with Gasteiger partial charge in [0.1, 0.15) is 5.82 Å². The lowest BCUT2D eigenvalue weighted by Gasteiger charge is -2.40. The van der Waals surface area contributed by atoms with Crippen molar-refractivity contribution in [1.29, 1.82) is 0 Å². The minimum atomic E-state index is -0.241. The molecule has 1 saturated heterocycles. The first-order valence-corrected chi connectivity index (χ1v) is 14.7. The van der Waals surface area contributed by atoms with Crippen LogP contribution in [0.15, 0.2) is 60.0 Å². The van der Waals surface area contributed by atoms with Crippen LogP contribution >= 0.6 is 11.3 Å². The number of hydrogen-bond acceptors (Lipinski definition) is 4. The SMILES string of the molecule is CC(C)c1ccc(NC(=O)N2CCN(C(=O)CCN3CCc4sccc4[C@@H]3c3cccc(F)c3)C[C@@H]2C)cc1. The van der Waals surface area contributed by atoms with E-state index in [0.29, 0.717) is 38.5 Å². The van der Waals surface area contributed by atoms with E-state index in [2.05, 4.69) is 35.5 Å². The summed E-state index contributed by atoms with van der Waals surface area (Å²) in [6, 6.07) is 16.6. The van der Waals surface area contributed by atoms with Crippen molar-refractivity contribution in [2.24, 2.45) is 0 Å². The van der Waals surface area contributed by atoms with E-state index in [9.17, 15) is 14.0 Å². The number of benzene rings is 2. The van der Waals surface area contributed by atoms with Crippen LogP contribution in [0.3, 0.4) is 0 Å². The molecule has 0 saturated carbocycles. The predicted octanol–water partition coefficient (Wildman–Crippen LogP) is 6.11. The Balaban J connectivity index is 1.17. The number of fused-ring (bicyclic) bond motifs is 1. The van der Waals surface area contributed by atoms with Crippen molar-refractivity contribution in [3.63, 3.8) is 0 Å². The predicted molar refractivity (Wildman–Crippen MR) is 155 cm³/mol. The zero-order valence-electron chi connectivity index (χ0n) is 22.9. The molecule has 39 heavy (non-hydrogen) atoms. The van der Waals surface area contributed by atoms with Crippen molar-refractivity contribution < 1.29 is 14.0 Å². The zero-order valence-corrected chi connectivity index (χ0v) is 23.7. The van der Waals surface area contributed by atoms with Gasteiger partial charge in [0.25, 0.3) is 0 Å². The molecule has 2 aliphatic rings. The minimum absolute atomic E-state index is 0.0439. The Morgan fingerprint density at radius 3 is 2.59 bits per heavy atom. The van der Waals surface area contributed by atoms with E-state index in [1.165, 1.54) is 22.1 Å². The molecule has 8 heteroatoms. The van der Waals surface area contributed by atoms with Gasteiger partial charge in [-0.05, 0) is 71.7 Å². The summed E-state index contributed by atoms with van der Waals surface area (Å²) < 4.78 is 14.1. The molecule has 0 radical (unpaired) electrons. The van der Waals surface area contributed by atoms with Crippen molar-refractivity contribution in [3.05, 3.63) is 87.4 Å². The first kappa shape index (κ1) is 27.3. The second-order valence-electron chi connectivity index (χ2n) is 10.9. The molecule has 2 aromatic carbocycles. The van der Waals surface area contributed by atoms with Crippen molar-refractivity contribution >= 4 is 29.0 Å². The lowest BCUT2D eigenvalue weighted by molar-refractivity contribution is -0.134. The highest BCUT2D eigenvalue weighted by Crippen LogP contribution is 2.38. The molecule has 6 nitrogen and oxygen atoms in total. The van der Waals surface area contributed by atoms with Gasteiger partial charge in [0, 0.05) is 55.8 Å². The lowest BCUT2D eigenvalue weighted by Crippen LogP contribution is -2.56. The average molecular weight is 549 g/mol. The summed E-state index contributed by atoms with van der Waals surface area (Å²) in [5.74, 6) is 0.297. The molecule has 3 heterocycles. The molecule has 1 aromatic heterocycles. The highest BCUT2D eigenvalue weighted by atomic mass is 32.1. The van der Waals surface area contributed by atoms with Gasteiger partial charge in [0.05, 0.1) is 6.04 Å². The molecule has 2 aliphatic heterocycles. The van der Waals surface area contributed by atoms with Crippen LogP contribution in [-0.4, -0.2) is 65.4 Å². The fourth-order valence-corrected chi connectivity index (χ4v) is 6.61. The van der Waals surface area contributed by atoms with Gasteiger partial charge < -0.3 is 15.1 Å². The van der Waals surface area contributed by atoms with Crippen LogP contribution in [0.4, 0.5) is 14.9 Å². The number of amides is 3. The van der Waals surface area contributed by atoms with Crippen LogP contribution < -0.4 is 5.32 Å². The quantitative estimate of drug-likeness (QED) is 0.404. The minimum Gasteiger partial charge on any atom is -0.339 e. The number of rotatable bonds is 6. The third-order valence-corrected chi connectivity index (χ3v) is 8.91. The molecule has 3 aromatic rings. The fraction of sp³-hybridized carbons (Fsp3) is 0.419. The molecule has 0 spiro atoms. The standard InChI is InChI=1S/C31H37FN4O2S/c1-21(2)23-7-9-26(10-8-23)33-31(38)36-17-16-35(20-22(36)3)29(37)12-15-34-14-11-28-27(13-18-39-28)30(34)24-5-4-6-25(32)19-24/h4-10,13,18-19,21-22,30H,11-12,14-17,20H2,1-3H3,(H,33,38)/t22-,30-/m0/s1. The van der Waals surface area contributed by atoms with Gasteiger partial charge in [-0.3, -0.25) is 9.69 Å².